The number of thioether (sulfide) groups is 1. The van der Waals surface area contributed by atoms with Gasteiger partial charge in [-0.25, -0.2) is 4.79 Å². The minimum atomic E-state index is -0.540. The number of hydrazone groups is 1. The van der Waals surface area contributed by atoms with E-state index in [0.29, 0.717) is 26.4 Å². The second-order valence-corrected chi connectivity index (χ2v) is 8.84. The molecule has 1 amide bonds. The van der Waals surface area contributed by atoms with Crippen LogP contribution in [-0.4, -0.2) is 45.0 Å². The van der Waals surface area contributed by atoms with Crippen LogP contribution in [0.5, 0.6) is 11.5 Å². The van der Waals surface area contributed by atoms with Crippen molar-refractivity contribution in [3.63, 3.8) is 0 Å². The molecule has 0 spiro atoms. The summed E-state index contributed by atoms with van der Waals surface area (Å²) in [6.45, 7) is 0. The number of amides is 1. The van der Waals surface area contributed by atoms with Crippen molar-refractivity contribution < 1.29 is 19.1 Å². The van der Waals surface area contributed by atoms with E-state index in [4.69, 9.17) is 14.9 Å². The number of thiophene rings is 1. The van der Waals surface area contributed by atoms with Gasteiger partial charge in [0, 0.05) is 18.0 Å². The topological polar surface area (TPSA) is 117 Å². The van der Waals surface area contributed by atoms with E-state index >= 15 is 0 Å². The summed E-state index contributed by atoms with van der Waals surface area (Å²) in [5.41, 5.74) is 1.47. The summed E-state index contributed by atoms with van der Waals surface area (Å²) < 4.78 is 10.8. The number of carbonyl (C=O) groups is 2. The number of hydrogen-bond acceptors (Lipinski definition) is 9. The van der Waals surface area contributed by atoms with Gasteiger partial charge < -0.3 is 9.47 Å². The lowest BCUT2D eigenvalue weighted by molar-refractivity contribution is -0.114. The molecular formula is C23H15N5O4S2. The third-order valence-electron chi connectivity index (χ3n) is 4.81. The van der Waals surface area contributed by atoms with Gasteiger partial charge in [0.05, 0.1) is 12.7 Å². The van der Waals surface area contributed by atoms with Crippen LogP contribution in [0, 0.1) is 5.41 Å². The first-order valence-corrected chi connectivity index (χ1v) is 11.6. The lowest BCUT2D eigenvalue weighted by Crippen LogP contribution is -2.35. The fourth-order valence-electron chi connectivity index (χ4n) is 3.17. The molecule has 0 unspecified atom stereocenters. The van der Waals surface area contributed by atoms with Crippen molar-refractivity contribution in [2.24, 2.45) is 10.1 Å². The Kier molecular flexibility index (Phi) is 5.78. The molecule has 0 bridgehead atoms. The average Bonchev–Trinajstić information content (AvgIpc) is 3.54. The van der Waals surface area contributed by atoms with Gasteiger partial charge in [-0.05, 0) is 59.1 Å². The number of carbonyl (C=O) groups excluding carboxylic acids is 2. The van der Waals surface area contributed by atoms with Gasteiger partial charge >= 0.3 is 5.97 Å². The highest BCUT2D eigenvalue weighted by Gasteiger charge is 2.36. The van der Waals surface area contributed by atoms with Crippen molar-refractivity contribution in [3.05, 3.63) is 81.8 Å². The second kappa shape index (κ2) is 9.04. The lowest BCUT2D eigenvalue weighted by Gasteiger charge is -2.20. The number of rotatable bonds is 5. The number of nitrogens with one attached hydrogen (secondary N) is 1. The minimum absolute atomic E-state index is 0.0782. The molecule has 0 saturated carbocycles. The van der Waals surface area contributed by atoms with E-state index in [1.54, 1.807) is 60.2 Å². The molecule has 11 heteroatoms. The molecule has 4 heterocycles. The Balaban J connectivity index is 1.41. The van der Waals surface area contributed by atoms with Crippen molar-refractivity contribution in [1.82, 2.24) is 9.99 Å². The van der Waals surface area contributed by atoms with E-state index < -0.39 is 11.9 Å². The number of benzene rings is 1. The van der Waals surface area contributed by atoms with E-state index in [0.717, 1.165) is 5.56 Å². The van der Waals surface area contributed by atoms with Crippen molar-refractivity contribution in [1.29, 1.82) is 5.41 Å². The molecule has 0 atom stereocenters. The molecule has 5 rings (SSSR count). The predicted molar refractivity (Wildman–Crippen MR) is 131 cm³/mol. The van der Waals surface area contributed by atoms with Crippen LogP contribution in [0.1, 0.15) is 20.8 Å². The molecule has 0 radical (unpaired) electrons. The first kappa shape index (κ1) is 21.7. The molecule has 168 valence electrons. The highest BCUT2D eigenvalue weighted by atomic mass is 32.2. The number of hydrogen-bond donors (Lipinski definition) is 1. The molecule has 2 aromatic heterocycles. The minimum Gasteiger partial charge on any atom is -0.493 e. The van der Waals surface area contributed by atoms with Crippen molar-refractivity contribution in [2.75, 3.05) is 7.11 Å². The van der Waals surface area contributed by atoms with Gasteiger partial charge in [-0.15, -0.1) is 11.3 Å². The number of esters is 1. The molecule has 9 nitrogen and oxygen atoms in total. The number of aliphatic imine (C=N–C) groups is 1. The summed E-state index contributed by atoms with van der Waals surface area (Å²) in [7, 11) is 1.45. The summed E-state index contributed by atoms with van der Waals surface area (Å²) in [4.78, 5) is 33.5. The summed E-state index contributed by atoms with van der Waals surface area (Å²) in [6.07, 6.45) is 4.82. The number of amidine groups is 2. The zero-order valence-electron chi connectivity index (χ0n) is 17.6. The summed E-state index contributed by atoms with van der Waals surface area (Å²) in [5.74, 6) is -0.551. The van der Waals surface area contributed by atoms with Crippen LogP contribution in [0.2, 0.25) is 0 Å². The SMILES string of the molecule is COc1cc(/C=C2\C(=N)N3N=C(c4ccncc4)SC3=NC2=O)ccc1OC(=O)c1cccs1. The van der Waals surface area contributed by atoms with Crippen molar-refractivity contribution in [3.8, 4) is 11.5 Å². The highest BCUT2D eigenvalue weighted by molar-refractivity contribution is 8.27. The lowest BCUT2D eigenvalue weighted by atomic mass is 10.1. The average molecular weight is 490 g/mol. The predicted octanol–water partition coefficient (Wildman–Crippen LogP) is 4.04. The molecule has 0 saturated heterocycles. The molecule has 0 aliphatic carbocycles. The van der Waals surface area contributed by atoms with E-state index in [2.05, 4.69) is 15.1 Å². The molecule has 2 aliphatic heterocycles. The Hall–Kier alpha value is -4.09. The van der Waals surface area contributed by atoms with E-state index in [-0.39, 0.29) is 17.2 Å². The van der Waals surface area contributed by atoms with E-state index in [1.807, 2.05) is 0 Å². The van der Waals surface area contributed by atoms with E-state index in [9.17, 15) is 9.59 Å². The van der Waals surface area contributed by atoms with Crippen LogP contribution in [0.3, 0.4) is 0 Å². The molecule has 34 heavy (non-hydrogen) atoms. The Morgan fingerprint density at radius 1 is 1.15 bits per heavy atom. The van der Waals surface area contributed by atoms with Gasteiger partial charge in [-0.2, -0.15) is 15.1 Å². The molecule has 1 N–H and O–H groups in total. The van der Waals surface area contributed by atoms with Gasteiger partial charge in [0.15, 0.2) is 17.3 Å². The van der Waals surface area contributed by atoms with Gasteiger partial charge in [0.2, 0.25) is 5.17 Å². The van der Waals surface area contributed by atoms with Crippen LogP contribution < -0.4 is 9.47 Å². The van der Waals surface area contributed by atoms with Crippen LogP contribution in [-0.2, 0) is 4.79 Å². The fourth-order valence-corrected chi connectivity index (χ4v) is 4.67. The number of ether oxygens (including phenoxy) is 2. The fraction of sp³-hybridized carbons (Fsp3) is 0.0435. The highest BCUT2D eigenvalue weighted by Crippen LogP contribution is 2.33. The second-order valence-electron chi connectivity index (χ2n) is 6.94. The summed E-state index contributed by atoms with van der Waals surface area (Å²) in [5, 5.41) is 17.1. The van der Waals surface area contributed by atoms with Gasteiger partial charge in [0.25, 0.3) is 5.91 Å². The molecular weight excluding hydrogens is 474 g/mol. The molecule has 0 fully saturated rings. The number of fused-ring (bicyclic) bond motifs is 1. The zero-order chi connectivity index (χ0) is 23.7. The Labute approximate surface area is 202 Å². The summed E-state index contributed by atoms with van der Waals surface area (Å²) >= 11 is 2.50. The Morgan fingerprint density at radius 2 is 1.97 bits per heavy atom. The first-order chi connectivity index (χ1) is 16.5. The largest absolute Gasteiger partial charge is 0.493 e. The third-order valence-corrected chi connectivity index (χ3v) is 6.61. The van der Waals surface area contributed by atoms with Gasteiger partial charge in [-0.1, -0.05) is 12.1 Å². The molecule has 3 aromatic rings. The van der Waals surface area contributed by atoms with Crippen molar-refractivity contribution >= 4 is 57.1 Å². The molecule has 2 aliphatic rings. The Morgan fingerprint density at radius 3 is 2.71 bits per heavy atom. The summed E-state index contributed by atoms with van der Waals surface area (Å²) in [6, 6.07) is 11.9. The van der Waals surface area contributed by atoms with Crippen LogP contribution >= 0.6 is 23.1 Å². The normalized spacial score (nSPS) is 16.3. The number of aromatic nitrogens is 1. The van der Waals surface area contributed by atoms with E-state index in [1.165, 1.54) is 41.3 Å². The number of nitrogens with zero attached hydrogens (tertiary/aromatic N) is 4. The maximum atomic E-state index is 12.7. The van der Waals surface area contributed by atoms with Crippen LogP contribution in [0.25, 0.3) is 6.08 Å². The number of pyridine rings is 1. The maximum absolute atomic E-state index is 12.7. The maximum Gasteiger partial charge on any atom is 0.353 e. The molecule has 1 aromatic carbocycles. The third kappa shape index (κ3) is 4.14. The Bertz CT molecular complexity index is 1400. The van der Waals surface area contributed by atoms with Gasteiger partial charge in [0.1, 0.15) is 9.92 Å². The monoisotopic (exact) mass is 489 g/mol. The van der Waals surface area contributed by atoms with Crippen LogP contribution in [0.4, 0.5) is 0 Å². The first-order valence-electron chi connectivity index (χ1n) is 9.88. The van der Waals surface area contributed by atoms with Gasteiger partial charge in [-0.3, -0.25) is 15.2 Å². The quantitative estimate of drug-likeness (QED) is 0.327. The number of methoxy groups -OCH3 is 1. The van der Waals surface area contributed by atoms with Crippen molar-refractivity contribution in [2.45, 2.75) is 0 Å². The van der Waals surface area contributed by atoms with Crippen LogP contribution in [0.15, 0.2) is 75.9 Å². The standard InChI is InChI=1S/C23H15N5O4S2/c1-31-17-12-13(4-5-16(17)32-22(30)18-3-2-10-33-18)11-15-19(24)28-23(26-20(15)29)34-21(27-28)14-6-8-25-9-7-14/h2-12,24H,1H3/b15-11+,24-19?. The smallest absolute Gasteiger partial charge is 0.353 e. The zero-order valence-corrected chi connectivity index (χ0v) is 19.2.